The zero-order valence-electron chi connectivity index (χ0n) is 10.5. The largest absolute Gasteiger partial charge is 0.337 e. The lowest BCUT2D eigenvalue weighted by Crippen LogP contribution is -2.36. The molecule has 1 aliphatic heterocycles. The summed E-state index contributed by atoms with van der Waals surface area (Å²) in [6.45, 7) is 4.45. The van der Waals surface area contributed by atoms with E-state index in [-0.39, 0.29) is 0 Å². The predicted octanol–water partition coefficient (Wildman–Crippen LogP) is 2.46. The third-order valence-electron chi connectivity index (χ3n) is 3.64. The first-order chi connectivity index (χ1) is 7.75. The highest BCUT2D eigenvalue weighted by atomic mass is 15.1. The van der Waals surface area contributed by atoms with Gasteiger partial charge in [0.05, 0.1) is 12.0 Å². The maximum atomic E-state index is 4.25. The van der Waals surface area contributed by atoms with E-state index in [0.717, 1.165) is 18.3 Å². The van der Waals surface area contributed by atoms with E-state index in [2.05, 4.69) is 27.7 Å². The molecular weight excluding hydrogens is 198 g/mol. The Bertz CT molecular complexity index is 319. The molecule has 90 valence electrons. The molecule has 3 heteroatoms. The lowest BCUT2D eigenvalue weighted by Gasteiger charge is -2.32. The van der Waals surface area contributed by atoms with E-state index in [9.17, 15) is 0 Å². The van der Waals surface area contributed by atoms with Gasteiger partial charge in [-0.1, -0.05) is 6.42 Å². The number of hydrogen-bond acceptors (Lipinski definition) is 2. The molecular formula is C13H23N3. The first-order valence-corrected chi connectivity index (χ1v) is 6.44. The van der Waals surface area contributed by atoms with Gasteiger partial charge in [-0.3, -0.25) is 0 Å². The van der Waals surface area contributed by atoms with E-state index in [4.69, 9.17) is 0 Å². The van der Waals surface area contributed by atoms with Crippen LogP contribution in [0.15, 0.2) is 12.5 Å². The van der Waals surface area contributed by atoms with Crippen molar-refractivity contribution in [2.24, 2.45) is 0 Å². The normalized spacial score (nSPS) is 22.5. The fraction of sp³-hybridized carbons (Fsp3) is 0.769. The number of hydrogen-bond donors (Lipinski definition) is 0. The van der Waals surface area contributed by atoms with Crippen molar-refractivity contribution in [1.82, 2.24) is 14.5 Å². The molecule has 0 aromatic carbocycles. The maximum Gasteiger partial charge on any atom is 0.0949 e. The molecule has 0 bridgehead atoms. The third-order valence-corrected chi connectivity index (χ3v) is 3.64. The summed E-state index contributed by atoms with van der Waals surface area (Å²) in [6, 6.07) is 0.818. The highest BCUT2D eigenvalue weighted by molar-refractivity contribution is 4.92. The summed E-state index contributed by atoms with van der Waals surface area (Å²) in [7, 11) is 2.27. The van der Waals surface area contributed by atoms with E-state index >= 15 is 0 Å². The standard InChI is InChI=1S/C13H23N3/c1-12-10-16(11-14-12)9-5-7-13-6-3-4-8-15(13)2/h10-11,13H,3-9H2,1-2H3. The highest BCUT2D eigenvalue weighted by Crippen LogP contribution is 2.19. The third kappa shape index (κ3) is 3.08. The van der Waals surface area contributed by atoms with Gasteiger partial charge in [-0.2, -0.15) is 0 Å². The molecule has 3 nitrogen and oxygen atoms in total. The Morgan fingerprint density at radius 1 is 1.44 bits per heavy atom. The first kappa shape index (κ1) is 11.6. The van der Waals surface area contributed by atoms with E-state index in [0.29, 0.717) is 0 Å². The molecule has 0 N–H and O–H groups in total. The molecule has 2 heterocycles. The Morgan fingerprint density at radius 2 is 2.31 bits per heavy atom. The zero-order chi connectivity index (χ0) is 11.4. The second-order valence-electron chi connectivity index (χ2n) is 5.03. The van der Waals surface area contributed by atoms with Crippen LogP contribution in [0.4, 0.5) is 0 Å². The number of likely N-dealkylation sites (tertiary alicyclic amines) is 1. The molecule has 1 unspecified atom stereocenters. The molecule has 1 aromatic rings. The Balaban J connectivity index is 1.71. The van der Waals surface area contributed by atoms with Gasteiger partial charge in [-0.15, -0.1) is 0 Å². The molecule has 1 aliphatic rings. The molecule has 16 heavy (non-hydrogen) atoms. The topological polar surface area (TPSA) is 21.1 Å². The maximum absolute atomic E-state index is 4.25. The molecule has 1 saturated heterocycles. The van der Waals surface area contributed by atoms with Crippen molar-refractivity contribution in [1.29, 1.82) is 0 Å². The van der Waals surface area contributed by atoms with Gasteiger partial charge in [0, 0.05) is 18.8 Å². The van der Waals surface area contributed by atoms with Crippen LogP contribution in [0, 0.1) is 6.92 Å². The van der Waals surface area contributed by atoms with Crippen LogP contribution in [-0.4, -0.2) is 34.1 Å². The number of aromatic nitrogens is 2. The van der Waals surface area contributed by atoms with Crippen LogP contribution < -0.4 is 0 Å². The van der Waals surface area contributed by atoms with E-state index in [1.54, 1.807) is 0 Å². The second kappa shape index (κ2) is 5.48. The van der Waals surface area contributed by atoms with Gasteiger partial charge in [0.15, 0.2) is 0 Å². The van der Waals surface area contributed by atoms with Gasteiger partial charge < -0.3 is 9.47 Å². The monoisotopic (exact) mass is 221 g/mol. The van der Waals surface area contributed by atoms with Gasteiger partial charge in [0.25, 0.3) is 0 Å². The Kier molecular flexibility index (Phi) is 3.99. The van der Waals surface area contributed by atoms with Crippen LogP contribution in [0.1, 0.15) is 37.8 Å². The van der Waals surface area contributed by atoms with Gasteiger partial charge in [-0.25, -0.2) is 4.98 Å². The quantitative estimate of drug-likeness (QED) is 0.778. The highest BCUT2D eigenvalue weighted by Gasteiger charge is 2.17. The summed E-state index contributed by atoms with van der Waals surface area (Å²) in [5, 5.41) is 0. The van der Waals surface area contributed by atoms with Crippen molar-refractivity contribution >= 4 is 0 Å². The first-order valence-electron chi connectivity index (χ1n) is 6.44. The van der Waals surface area contributed by atoms with E-state index in [1.807, 2.05) is 13.3 Å². The Hall–Kier alpha value is -0.830. The van der Waals surface area contributed by atoms with Crippen molar-refractivity contribution in [2.75, 3.05) is 13.6 Å². The van der Waals surface area contributed by atoms with Crippen LogP contribution in [-0.2, 0) is 6.54 Å². The predicted molar refractivity (Wildman–Crippen MR) is 66.5 cm³/mol. The smallest absolute Gasteiger partial charge is 0.0949 e. The van der Waals surface area contributed by atoms with Gasteiger partial charge in [0.2, 0.25) is 0 Å². The minimum Gasteiger partial charge on any atom is -0.337 e. The van der Waals surface area contributed by atoms with Crippen LogP contribution in [0.3, 0.4) is 0 Å². The molecule has 1 aromatic heterocycles. The second-order valence-corrected chi connectivity index (χ2v) is 5.03. The van der Waals surface area contributed by atoms with Crippen molar-refractivity contribution < 1.29 is 0 Å². The van der Waals surface area contributed by atoms with Crippen LogP contribution in [0.2, 0.25) is 0 Å². The van der Waals surface area contributed by atoms with E-state index in [1.165, 1.54) is 38.6 Å². The number of aryl methyl sites for hydroxylation is 2. The van der Waals surface area contributed by atoms with Crippen LogP contribution in [0.5, 0.6) is 0 Å². The molecule has 1 atom stereocenters. The van der Waals surface area contributed by atoms with Crippen LogP contribution >= 0.6 is 0 Å². The average Bonchev–Trinajstić information content (AvgIpc) is 2.67. The minimum atomic E-state index is 0.818. The number of nitrogens with zero attached hydrogens (tertiary/aromatic N) is 3. The SMILES string of the molecule is Cc1cn(CCCC2CCCCN2C)cn1. The fourth-order valence-electron chi connectivity index (χ4n) is 2.61. The summed E-state index contributed by atoms with van der Waals surface area (Å²) in [4.78, 5) is 6.78. The van der Waals surface area contributed by atoms with Crippen molar-refractivity contribution in [3.8, 4) is 0 Å². The van der Waals surface area contributed by atoms with Crippen LogP contribution in [0.25, 0.3) is 0 Å². The summed E-state index contributed by atoms with van der Waals surface area (Å²) in [6.07, 6.45) is 10.9. The van der Waals surface area contributed by atoms with Crippen molar-refractivity contribution in [2.45, 2.75) is 51.6 Å². The number of piperidine rings is 1. The van der Waals surface area contributed by atoms with E-state index < -0.39 is 0 Å². The zero-order valence-corrected chi connectivity index (χ0v) is 10.5. The van der Waals surface area contributed by atoms with Gasteiger partial charge in [0.1, 0.15) is 0 Å². The summed E-state index contributed by atoms with van der Waals surface area (Å²) < 4.78 is 2.21. The average molecular weight is 221 g/mol. The molecule has 1 fully saturated rings. The number of rotatable bonds is 4. The van der Waals surface area contributed by atoms with Crippen molar-refractivity contribution in [3.63, 3.8) is 0 Å². The fourth-order valence-corrected chi connectivity index (χ4v) is 2.61. The molecule has 0 radical (unpaired) electrons. The lowest BCUT2D eigenvalue weighted by molar-refractivity contribution is 0.172. The molecule has 0 aliphatic carbocycles. The summed E-state index contributed by atoms with van der Waals surface area (Å²) in [5.41, 5.74) is 1.12. The molecule has 0 amide bonds. The van der Waals surface area contributed by atoms with Crippen molar-refractivity contribution in [3.05, 3.63) is 18.2 Å². The van der Waals surface area contributed by atoms with Gasteiger partial charge in [-0.05, 0) is 46.2 Å². The summed E-state index contributed by atoms with van der Waals surface area (Å²) >= 11 is 0. The summed E-state index contributed by atoms with van der Waals surface area (Å²) in [5.74, 6) is 0. The Labute approximate surface area is 98.5 Å². The lowest BCUT2D eigenvalue weighted by atomic mass is 9.99. The molecule has 0 spiro atoms. The molecule has 2 rings (SSSR count). The van der Waals surface area contributed by atoms with Gasteiger partial charge >= 0.3 is 0 Å². The minimum absolute atomic E-state index is 0.818. The number of imidazole rings is 1. The molecule has 0 saturated carbocycles. The Morgan fingerprint density at radius 3 is 3.00 bits per heavy atom.